The molecule has 3 rings (SSSR count). The number of nitrogens with two attached hydrogens (primary N) is 1. The summed E-state index contributed by atoms with van der Waals surface area (Å²) in [5, 5.41) is 9.47. The lowest BCUT2D eigenvalue weighted by atomic mass is 9.77. The lowest BCUT2D eigenvalue weighted by Crippen LogP contribution is -2.27. The molecule has 1 atom stereocenters. The first-order valence-corrected chi connectivity index (χ1v) is 7.63. The van der Waals surface area contributed by atoms with Gasteiger partial charge in [-0.05, 0) is 24.1 Å². The lowest BCUT2D eigenvalue weighted by Gasteiger charge is -2.31. The molecule has 0 fully saturated rings. The molecule has 1 aliphatic carbocycles. The molecule has 2 aliphatic rings. The number of nitriles is 1. The molecule has 0 saturated heterocycles. The second-order valence-corrected chi connectivity index (χ2v) is 5.70. The van der Waals surface area contributed by atoms with Gasteiger partial charge in [0.2, 0.25) is 5.88 Å². The zero-order valence-electron chi connectivity index (χ0n) is 13.2. The number of rotatable bonds is 2. The molecule has 0 amide bonds. The van der Waals surface area contributed by atoms with Crippen LogP contribution in [-0.2, 0) is 14.3 Å². The molecule has 2 N–H and O–H groups in total. The van der Waals surface area contributed by atoms with E-state index in [1.807, 2.05) is 0 Å². The van der Waals surface area contributed by atoms with Crippen LogP contribution in [0.25, 0.3) is 0 Å². The van der Waals surface area contributed by atoms with Crippen molar-refractivity contribution in [2.24, 2.45) is 5.73 Å². The monoisotopic (exact) mass is 324 g/mol. The highest BCUT2D eigenvalue weighted by Gasteiger charge is 2.37. The van der Waals surface area contributed by atoms with Crippen molar-refractivity contribution in [1.29, 1.82) is 5.26 Å². The van der Waals surface area contributed by atoms with Crippen molar-refractivity contribution in [2.45, 2.75) is 32.1 Å². The van der Waals surface area contributed by atoms with E-state index < -0.39 is 11.9 Å². The normalized spacial score (nSPS) is 20.2. The van der Waals surface area contributed by atoms with Crippen LogP contribution in [0.2, 0.25) is 0 Å². The number of hydrogen-bond donors (Lipinski definition) is 1. The quantitative estimate of drug-likeness (QED) is 0.662. The second-order valence-electron chi connectivity index (χ2n) is 5.70. The van der Waals surface area contributed by atoms with Gasteiger partial charge in [0.1, 0.15) is 23.2 Å². The number of carbonyl (C=O) groups is 2. The van der Waals surface area contributed by atoms with E-state index >= 15 is 0 Å². The fourth-order valence-electron chi connectivity index (χ4n) is 3.08. The Kier molecular flexibility index (Phi) is 4.09. The summed E-state index contributed by atoms with van der Waals surface area (Å²) in [6.07, 6.45) is 1.77. The van der Waals surface area contributed by atoms with Crippen LogP contribution < -0.4 is 10.5 Å². The van der Waals surface area contributed by atoms with Crippen molar-refractivity contribution in [1.82, 2.24) is 0 Å². The van der Waals surface area contributed by atoms with Crippen molar-refractivity contribution in [3.8, 4) is 11.8 Å². The average Bonchev–Trinajstić information content (AvgIpc) is 2.54. The fourth-order valence-corrected chi connectivity index (χ4v) is 3.08. The highest BCUT2D eigenvalue weighted by Crippen LogP contribution is 2.43. The van der Waals surface area contributed by atoms with Crippen LogP contribution >= 0.6 is 0 Å². The molecule has 1 aliphatic heterocycles. The summed E-state index contributed by atoms with van der Waals surface area (Å²) < 4.78 is 10.5. The third-order valence-electron chi connectivity index (χ3n) is 4.08. The van der Waals surface area contributed by atoms with Gasteiger partial charge in [-0.1, -0.05) is 12.1 Å². The minimum atomic E-state index is -0.544. The zero-order chi connectivity index (χ0) is 17.3. The smallest absolute Gasteiger partial charge is 0.308 e. The molecule has 1 aromatic rings. The van der Waals surface area contributed by atoms with E-state index in [9.17, 15) is 14.9 Å². The molecular formula is C18H16N2O4. The molecule has 0 bridgehead atoms. The minimum absolute atomic E-state index is 0.0226. The summed E-state index contributed by atoms with van der Waals surface area (Å²) in [4.78, 5) is 23.4. The van der Waals surface area contributed by atoms with Crippen LogP contribution in [0.15, 0.2) is 47.1 Å². The van der Waals surface area contributed by atoms with E-state index in [-0.39, 0.29) is 17.2 Å². The summed E-state index contributed by atoms with van der Waals surface area (Å²) in [7, 11) is 0. The van der Waals surface area contributed by atoms with Gasteiger partial charge < -0.3 is 15.2 Å². The number of ether oxygens (including phenoxy) is 2. The van der Waals surface area contributed by atoms with E-state index in [1.165, 1.54) is 6.92 Å². The van der Waals surface area contributed by atoms with Gasteiger partial charge >= 0.3 is 5.97 Å². The first kappa shape index (κ1) is 15.8. The minimum Gasteiger partial charge on any atom is -0.444 e. The van der Waals surface area contributed by atoms with Crippen LogP contribution in [0.5, 0.6) is 5.75 Å². The Labute approximate surface area is 139 Å². The maximum atomic E-state index is 12.4. The molecular weight excluding hydrogens is 308 g/mol. The van der Waals surface area contributed by atoms with E-state index in [0.717, 1.165) is 5.56 Å². The first-order valence-electron chi connectivity index (χ1n) is 7.63. The number of allylic oxidation sites excluding steroid dienone is 3. The largest absolute Gasteiger partial charge is 0.444 e. The maximum absolute atomic E-state index is 12.4. The zero-order valence-corrected chi connectivity index (χ0v) is 13.2. The van der Waals surface area contributed by atoms with Gasteiger partial charge in [0.05, 0.1) is 5.92 Å². The summed E-state index contributed by atoms with van der Waals surface area (Å²) in [6, 6.07) is 8.78. The molecule has 122 valence electrons. The van der Waals surface area contributed by atoms with Gasteiger partial charge in [0, 0.05) is 25.3 Å². The van der Waals surface area contributed by atoms with Gasteiger partial charge in [-0.25, -0.2) is 0 Å². The van der Waals surface area contributed by atoms with E-state index in [1.54, 1.807) is 24.3 Å². The Morgan fingerprint density at radius 3 is 2.67 bits per heavy atom. The van der Waals surface area contributed by atoms with Crippen LogP contribution in [0.4, 0.5) is 0 Å². The predicted molar refractivity (Wildman–Crippen MR) is 84.3 cm³/mol. The number of nitrogens with zero attached hydrogens (tertiary/aromatic N) is 1. The first-order chi connectivity index (χ1) is 11.5. The number of ketones is 1. The predicted octanol–water partition coefficient (Wildman–Crippen LogP) is 2.43. The number of carbonyl (C=O) groups excluding carboxylic acids is 2. The lowest BCUT2D eigenvalue weighted by molar-refractivity contribution is -0.131. The number of hydrogen-bond acceptors (Lipinski definition) is 6. The number of benzene rings is 1. The number of Topliss-reactive ketones (excluding diaryl/α,β-unsaturated/α-hetero) is 1. The van der Waals surface area contributed by atoms with Gasteiger partial charge in [-0.2, -0.15) is 5.26 Å². The number of esters is 1. The Bertz CT molecular complexity index is 812. The molecule has 6 nitrogen and oxygen atoms in total. The Hall–Kier alpha value is -3.07. The summed E-state index contributed by atoms with van der Waals surface area (Å²) in [5.41, 5.74) is 7.35. The van der Waals surface area contributed by atoms with Crippen LogP contribution in [0.1, 0.15) is 37.7 Å². The molecule has 1 aromatic carbocycles. The van der Waals surface area contributed by atoms with Gasteiger partial charge in [0.25, 0.3) is 0 Å². The topological polar surface area (TPSA) is 102 Å². The van der Waals surface area contributed by atoms with Crippen LogP contribution in [0, 0.1) is 11.3 Å². The highest BCUT2D eigenvalue weighted by atomic mass is 16.5. The van der Waals surface area contributed by atoms with Gasteiger partial charge in [0.15, 0.2) is 5.78 Å². The molecule has 24 heavy (non-hydrogen) atoms. The molecule has 1 heterocycles. The van der Waals surface area contributed by atoms with Gasteiger partial charge in [-0.3, -0.25) is 9.59 Å². The van der Waals surface area contributed by atoms with Crippen molar-refractivity contribution < 1.29 is 19.1 Å². The third kappa shape index (κ3) is 2.76. The Balaban J connectivity index is 2.05. The van der Waals surface area contributed by atoms with E-state index in [2.05, 4.69) is 6.07 Å². The molecule has 0 aromatic heterocycles. The fraction of sp³-hybridized carbons (Fsp3) is 0.278. The molecule has 0 spiro atoms. The third-order valence-corrected chi connectivity index (χ3v) is 4.08. The highest BCUT2D eigenvalue weighted by molar-refractivity contribution is 5.99. The summed E-state index contributed by atoms with van der Waals surface area (Å²) in [5.74, 6) is 0.0152. The summed E-state index contributed by atoms with van der Waals surface area (Å²) in [6.45, 7) is 1.32. The molecule has 0 saturated carbocycles. The molecule has 0 radical (unpaired) electrons. The maximum Gasteiger partial charge on any atom is 0.308 e. The van der Waals surface area contributed by atoms with E-state index in [4.69, 9.17) is 15.2 Å². The van der Waals surface area contributed by atoms with Gasteiger partial charge in [-0.15, -0.1) is 0 Å². The van der Waals surface area contributed by atoms with E-state index in [0.29, 0.717) is 36.3 Å². The average molecular weight is 324 g/mol. The SMILES string of the molecule is CC(=O)Oc1ccc(C2C(C#N)=C(N)OC3=C2C(=O)CCC3)cc1. The van der Waals surface area contributed by atoms with Crippen molar-refractivity contribution in [2.75, 3.05) is 0 Å². The van der Waals surface area contributed by atoms with Crippen LogP contribution in [0.3, 0.4) is 0 Å². The Morgan fingerprint density at radius 1 is 1.33 bits per heavy atom. The molecule has 6 heteroatoms. The molecule has 1 unspecified atom stereocenters. The van der Waals surface area contributed by atoms with Crippen LogP contribution in [-0.4, -0.2) is 11.8 Å². The van der Waals surface area contributed by atoms with Crippen molar-refractivity contribution in [3.63, 3.8) is 0 Å². The second kappa shape index (κ2) is 6.20. The van der Waals surface area contributed by atoms with Crippen molar-refractivity contribution >= 4 is 11.8 Å². The Morgan fingerprint density at radius 2 is 2.04 bits per heavy atom. The summed E-state index contributed by atoms with van der Waals surface area (Å²) >= 11 is 0. The standard InChI is InChI=1S/C18H16N2O4/c1-10(21)23-12-7-5-11(6-8-12)16-13(9-19)18(20)24-15-4-2-3-14(22)17(15)16/h5-8,16H,2-4,20H2,1H3. The van der Waals surface area contributed by atoms with Crippen molar-refractivity contribution in [3.05, 3.63) is 52.6 Å².